The molecule has 1 aromatic heterocycles. The summed E-state index contributed by atoms with van der Waals surface area (Å²) < 4.78 is 5.86. The van der Waals surface area contributed by atoms with Crippen LogP contribution in [0.3, 0.4) is 0 Å². The van der Waals surface area contributed by atoms with Gasteiger partial charge in [-0.3, -0.25) is 24.0 Å². The van der Waals surface area contributed by atoms with Gasteiger partial charge in [0.05, 0.1) is 24.9 Å². The SMILES string of the molecule is CN1CCOc2ccccc2C(=O)N[C@H](C(=O)NCc2ccc(CN3CCCC3=O)cc2)CC(=O)N[C@@H](Cc2cnc[nH]2)C1=O. The third-order valence-electron chi connectivity index (χ3n) is 7.85. The van der Waals surface area contributed by atoms with Crippen LogP contribution >= 0.6 is 0 Å². The number of imidazole rings is 1. The van der Waals surface area contributed by atoms with Crippen LogP contribution < -0.4 is 20.7 Å². The largest absolute Gasteiger partial charge is 0.491 e. The summed E-state index contributed by atoms with van der Waals surface area (Å²) in [5.41, 5.74) is 2.64. The van der Waals surface area contributed by atoms with Crippen LogP contribution in [0.4, 0.5) is 0 Å². The molecule has 0 radical (unpaired) electrons. The Kier molecular flexibility index (Phi) is 10.1. The van der Waals surface area contributed by atoms with Gasteiger partial charge < -0.3 is 35.5 Å². The number of nitrogens with zero attached hydrogens (tertiary/aromatic N) is 3. The quantitative estimate of drug-likeness (QED) is 0.307. The normalized spacial score (nSPS) is 19.7. The first-order valence-electron chi connectivity index (χ1n) is 14.9. The summed E-state index contributed by atoms with van der Waals surface area (Å²) >= 11 is 0. The fourth-order valence-corrected chi connectivity index (χ4v) is 5.32. The Labute approximate surface area is 260 Å². The number of aromatic nitrogens is 2. The Hall–Kier alpha value is -5.20. The second kappa shape index (κ2) is 14.5. The first kappa shape index (κ1) is 31.2. The zero-order valence-electron chi connectivity index (χ0n) is 25.1. The van der Waals surface area contributed by atoms with Gasteiger partial charge in [-0.05, 0) is 29.7 Å². The number of benzene rings is 2. The third kappa shape index (κ3) is 8.25. The van der Waals surface area contributed by atoms with E-state index in [9.17, 15) is 24.0 Å². The molecule has 1 saturated heterocycles. The number of hydrogen-bond acceptors (Lipinski definition) is 7. The first-order chi connectivity index (χ1) is 21.8. The molecule has 2 aliphatic heterocycles. The molecular formula is C32H37N7O6. The van der Waals surface area contributed by atoms with Crippen molar-refractivity contribution in [3.63, 3.8) is 0 Å². The van der Waals surface area contributed by atoms with E-state index in [0.717, 1.165) is 24.1 Å². The molecule has 236 valence electrons. The molecule has 3 aromatic rings. The summed E-state index contributed by atoms with van der Waals surface area (Å²) in [5, 5.41) is 8.24. The van der Waals surface area contributed by atoms with Crippen LogP contribution in [0.5, 0.6) is 5.75 Å². The van der Waals surface area contributed by atoms with E-state index in [1.54, 1.807) is 37.5 Å². The predicted octanol–water partition coefficient (Wildman–Crippen LogP) is 0.915. The van der Waals surface area contributed by atoms with E-state index in [2.05, 4.69) is 25.9 Å². The molecule has 45 heavy (non-hydrogen) atoms. The maximum absolute atomic E-state index is 13.4. The van der Waals surface area contributed by atoms with Gasteiger partial charge in [-0.15, -0.1) is 0 Å². The van der Waals surface area contributed by atoms with Crippen molar-refractivity contribution < 1.29 is 28.7 Å². The molecule has 5 rings (SSSR count). The Bertz CT molecular complexity index is 1520. The molecule has 0 spiro atoms. The smallest absolute Gasteiger partial charge is 0.255 e. The monoisotopic (exact) mass is 615 g/mol. The highest BCUT2D eigenvalue weighted by molar-refractivity contribution is 6.01. The van der Waals surface area contributed by atoms with Gasteiger partial charge in [0.25, 0.3) is 5.91 Å². The maximum Gasteiger partial charge on any atom is 0.255 e. The van der Waals surface area contributed by atoms with Gasteiger partial charge in [-0.1, -0.05) is 36.4 Å². The number of likely N-dealkylation sites (tertiary alicyclic amines) is 1. The van der Waals surface area contributed by atoms with E-state index in [-0.39, 0.29) is 43.5 Å². The molecule has 13 heteroatoms. The van der Waals surface area contributed by atoms with Crippen LogP contribution in [-0.4, -0.2) is 88.1 Å². The molecule has 3 heterocycles. The van der Waals surface area contributed by atoms with E-state index in [1.165, 1.54) is 11.2 Å². The summed E-state index contributed by atoms with van der Waals surface area (Å²) in [5.74, 6) is -1.61. The number of carbonyl (C=O) groups excluding carboxylic acids is 5. The van der Waals surface area contributed by atoms with Crippen molar-refractivity contribution in [2.75, 3.05) is 26.7 Å². The van der Waals surface area contributed by atoms with Crippen LogP contribution in [0.15, 0.2) is 61.1 Å². The van der Waals surface area contributed by atoms with Gasteiger partial charge in [-0.2, -0.15) is 0 Å². The summed E-state index contributed by atoms with van der Waals surface area (Å²) in [6.07, 6.45) is 4.26. The summed E-state index contributed by atoms with van der Waals surface area (Å²) in [6.45, 7) is 1.77. The van der Waals surface area contributed by atoms with Crippen molar-refractivity contribution in [2.24, 2.45) is 0 Å². The van der Waals surface area contributed by atoms with E-state index in [0.29, 0.717) is 24.4 Å². The van der Waals surface area contributed by atoms with Gasteiger partial charge >= 0.3 is 0 Å². The zero-order chi connectivity index (χ0) is 31.8. The highest BCUT2D eigenvalue weighted by atomic mass is 16.5. The van der Waals surface area contributed by atoms with Crippen LogP contribution in [0.1, 0.15) is 46.4 Å². The van der Waals surface area contributed by atoms with Gasteiger partial charge in [0, 0.05) is 51.4 Å². The number of para-hydroxylation sites is 1. The second-order valence-electron chi connectivity index (χ2n) is 11.2. The lowest BCUT2D eigenvalue weighted by molar-refractivity contribution is -0.136. The molecule has 13 nitrogen and oxygen atoms in total. The number of nitrogens with one attached hydrogen (secondary N) is 4. The van der Waals surface area contributed by atoms with Gasteiger partial charge in [0.15, 0.2) is 0 Å². The molecule has 0 unspecified atom stereocenters. The van der Waals surface area contributed by atoms with Crippen molar-refractivity contribution >= 4 is 29.5 Å². The predicted molar refractivity (Wildman–Crippen MR) is 163 cm³/mol. The topological polar surface area (TPSA) is 166 Å². The van der Waals surface area contributed by atoms with E-state index in [1.807, 2.05) is 29.2 Å². The van der Waals surface area contributed by atoms with Crippen molar-refractivity contribution in [1.29, 1.82) is 0 Å². The Morgan fingerprint density at radius 3 is 2.53 bits per heavy atom. The molecule has 0 bridgehead atoms. The average Bonchev–Trinajstić information content (AvgIpc) is 3.70. The molecule has 2 atom stereocenters. The zero-order valence-corrected chi connectivity index (χ0v) is 25.1. The number of H-pyrrole nitrogens is 1. The number of rotatable bonds is 7. The Morgan fingerprint density at radius 2 is 1.80 bits per heavy atom. The second-order valence-corrected chi connectivity index (χ2v) is 11.2. The Balaban J connectivity index is 1.31. The van der Waals surface area contributed by atoms with Gasteiger partial charge in [0.2, 0.25) is 23.6 Å². The highest BCUT2D eigenvalue weighted by Gasteiger charge is 2.30. The van der Waals surface area contributed by atoms with Crippen molar-refractivity contribution in [2.45, 2.75) is 50.9 Å². The molecule has 4 N–H and O–H groups in total. The third-order valence-corrected chi connectivity index (χ3v) is 7.85. The average molecular weight is 616 g/mol. The van der Waals surface area contributed by atoms with Crippen LogP contribution in [0, 0.1) is 0 Å². The number of aromatic amines is 1. The number of hydrogen-bond donors (Lipinski definition) is 4. The standard InChI is InChI=1S/C32H37N7O6/c1-38-13-14-45-27-6-3-2-5-24(27)30(42)37-25(16-28(40)36-26(32(38)44)15-23-18-33-20-35-23)31(43)34-17-21-8-10-22(11-9-21)19-39-12-4-7-29(39)41/h2-3,5-6,8-11,18,20,25-26H,4,7,12-17,19H2,1H3,(H,33,35)(H,34,43)(H,36,40)(H,37,42)/t25-,26-/m0/s1. The van der Waals surface area contributed by atoms with E-state index >= 15 is 0 Å². The molecule has 5 amide bonds. The fraction of sp³-hybridized carbons (Fsp3) is 0.375. The lowest BCUT2D eigenvalue weighted by atomic mass is 10.1. The minimum atomic E-state index is -1.24. The van der Waals surface area contributed by atoms with E-state index < -0.39 is 36.2 Å². The number of carbonyl (C=O) groups is 5. The summed E-state index contributed by atoms with van der Waals surface area (Å²) in [6, 6.07) is 12.0. The first-order valence-corrected chi connectivity index (χ1v) is 14.9. The fourth-order valence-electron chi connectivity index (χ4n) is 5.32. The molecule has 2 aromatic carbocycles. The van der Waals surface area contributed by atoms with Crippen molar-refractivity contribution in [3.05, 3.63) is 83.4 Å². The van der Waals surface area contributed by atoms with E-state index in [4.69, 9.17) is 4.74 Å². The number of ether oxygens (including phenoxy) is 1. The van der Waals surface area contributed by atoms with Crippen LogP contribution in [0.2, 0.25) is 0 Å². The number of amides is 5. The molecule has 0 saturated carbocycles. The number of fused-ring (bicyclic) bond motifs is 1. The lowest BCUT2D eigenvalue weighted by Crippen LogP contribution is -2.53. The maximum atomic E-state index is 13.4. The number of likely N-dealkylation sites (N-methyl/N-ethyl adjacent to an activating group) is 1. The summed E-state index contributed by atoms with van der Waals surface area (Å²) in [7, 11) is 1.61. The molecule has 1 fully saturated rings. The lowest BCUT2D eigenvalue weighted by Gasteiger charge is -2.26. The minimum Gasteiger partial charge on any atom is -0.491 e. The van der Waals surface area contributed by atoms with Crippen molar-refractivity contribution in [3.8, 4) is 5.75 Å². The van der Waals surface area contributed by atoms with Crippen LogP contribution in [-0.2, 0) is 38.7 Å². The Morgan fingerprint density at radius 1 is 1.02 bits per heavy atom. The molecule has 0 aliphatic carbocycles. The van der Waals surface area contributed by atoms with Gasteiger partial charge in [-0.25, -0.2) is 4.98 Å². The van der Waals surface area contributed by atoms with Gasteiger partial charge in [0.1, 0.15) is 24.4 Å². The minimum absolute atomic E-state index is 0.105. The summed E-state index contributed by atoms with van der Waals surface area (Å²) in [4.78, 5) is 75.6. The molecule has 2 aliphatic rings. The van der Waals surface area contributed by atoms with Crippen LogP contribution in [0.25, 0.3) is 0 Å². The van der Waals surface area contributed by atoms with Crippen molar-refractivity contribution in [1.82, 2.24) is 35.7 Å². The highest BCUT2D eigenvalue weighted by Crippen LogP contribution is 2.19. The molecular weight excluding hydrogens is 578 g/mol.